The Morgan fingerprint density at radius 3 is 2.39 bits per heavy atom. The number of nitrogens with zero attached hydrogens (tertiary/aromatic N) is 5. The number of imidazole rings is 1. The first-order valence-electron chi connectivity index (χ1n) is 11.6. The van der Waals surface area contributed by atoms with Crippen LogP contribution in [0.1, 0.15) is 42.9 Å². The maximum absolute atomic E-state index is 4.71. The molecule has 0 aliphatic carbocycles. The summed E-state index contributed by atoms with van der Waals surface area (Å²) in [6.07, 6.45) is 11.3. The van der Waals surface area contributed by atoms with E-state index in [1.807, 2.05) is 23.0 Å². The van der Waals surface area contributed by atoms with Gasteiger partial charge in [-0.25, -0.2) is 15.0 Å². The van der Waals surface area contributed by atoms with Gasteiger partial charge in [-0.2, -0.15) is 0 Å². The molecular formula is C25H34IN7. The van der Waals surface area contributed by atoms with Crippen LogP contribution in [0.15, 0.2) is 66.3 Å². The second kappa shape index (κ2) is 13.3. The third-order valence-electron chi connectivity index (χ3n) is 5.68. The predicted molar refractivity (Wildman–Crippen MR) is 144 cm³/mol. The number of rotatable bonds is 8. The number of aliphatic imine (C=N–C) groups is 1. The molecule has 0 amide bonds. The molecule has 0 bridgehead atoms. The molecule has 3 aromatic rings. The first kappa shape index (κ1) is 25.2. The highest BCUT2D eigenvalue weighted by Crippen LogP contribution is 2.13. The largest absolute Gasteiger partial charge is 0.357 e. The Bertz CT molecular complexity index is 963. The molecule has 8 heteroatoms. The van der Waals surface area contributed by atoms with Crippen LogP contribution in [0.25, 0.3) is 5.82 Å². The van der Waals surface area contributed by atoms with E-state index in [1.54, 1.807) is 12.5 Å². The summed E-state index contributed by atoms with van der Waals surface area (Å²) in [5.74, 6) is 1.66. The zero-order chi connectivity index (χ0) is 22.0. The number of aromatic nitrogens is 3. The topological polar surface area (TPSA) is 70.4 Å². The molecule has 1 saturated heterocycles. The van der Waals surface area contributed by atoms with Gasteiger partial charge in [0.1, 0.15) is 12.1 Å². The molecule has 33 heavy (non-hydrogen) atoms. The van der Waals surface area contributed by atoms with Crippen molar-refractivity contribution in [2.75, 3.05) is 19.6 Å². The minimum Gasteiger partial charge on any atom is -0.357 e. The van der Waals surface area contributed by atoms with Crippen molar-refractivity contribution in [3.8, 4) is 5.82 Å². The van der Waals surface area contributed by atoms with E-state index in [4.69, 9.17) is 4.99 Å². The number of hydrogen-bond acceptors (Lipinski definition) is 4. The van der Waals surface area contributed by atoms with Gasteiger partial charge >= 0.3 is 0 Å². The molecule has 176 valence electrons. The molecule has 0 unspecified atom stereocenters. The predicted octanol–water partition coefficient (Wildman–Crippen LogP) is 4.13. The smallest absolute Gasteiger partial charge is 0.191 e. The first-order valence-corrected chi connectivity index (χ1v) is 11.6. The van der Waals surface area contributed by atoms with Gasteiger partial charge in [0.2, 0.25) is 0 Å². The fourth-order valence-corrected chi connectivity index (χ4v) is 3.89. The zero-order valence-electron chi connectivity index (χ0n) is 19.3. The molecule has 7 nitrogen and oxygen atoms in total. The van der Waals surface area contributed by atoms with Crippen LogP contribution in [0, 0.1) is 0 Å². The summed E-state index contributed by atoms with van der Waals surface area (Å²) in [6, 6.07) is 13.0. The van der Waals surface area contributed by atoms with Crippen molar-refractivity contribution in [2.24, 2.45) is 4.99 Å². The third-order valence-corrected chi connectivity index (χ3v) is 5.68. The Morgan fingerprint density at radius 1 is 0.970 bits per heavy atom. The van der Waals surface area contributed by atoms with Gasteiger partial charge in [-0.05, 0) is 55.6 Å². The molecule has 1 aliphatic heterocycles. The van der Waals surface area contributed by atoms with Crippen LogP contribution in [0.2, 0.25) is 0 Å². The molecule has 2 N–H and O–H groups in total. The number of benzene rings is 1. The molecule has 3 heterocycles. The fourth-order valence-electron chi connectivity index (χ4n) is 3.89. The van der Waals surface area contributed by atoms with Gasteiger partial charge in [0, 0.05) is 38.2 Å². The molecule has 1 aliphatic rings. The van der Waals surface area contributed by atoms with Gasteiger partial charge in [0.05, 0.1) is 6.54 Å². The zero-order valence-corrected chi connectivity index (χ0v) is 21.6. The van der Waals surface area contributed by atoms with E-state index in [1.165, 1.54) is 43.5 Å². The van der Waals surface area contributed by atoms with Crippen molar-refractivity contribution in [2.45, 2.75) is 45.8 Å². The molecule has 0 atom stereocenters. The maximum atomic E-state index is 4.71. The van der Waals surface area contributed by atoms with E-state index >= 15 is 0 Å². The Balaban J connectivity index is 0.00000306. The van der Waals surface area contributed by atoms with Crippen LogP contribution < -0.4 is 10.6 Å². The Kier molecular flexibility index (Phi) is 10.1. The monoisotopic (exact) mass is 559 g/mol. The van der Waals surface area contributed by atoms with Crippen LogP contribution in [0.3, 0.4) is 0 Å². The summed E-state index contributed by atoms with van der Waals surface area (Å²) in [7, 11) is 0. The standard InChI is InChI=1S/C25H33N7.HI/c1-2-27-25(30-18-23-10-11-24(28-17-23)32-15-12-26-20-32)29-16-21-6-8-22(9-7-21)19-31-13-4-3-5-14-31;/h6-12,15,17,20H,2-5,13-14,16,18-19H2,1H3,(H2,27,29,30);1H. The third kappa shape index (κ3) is 7.82. The van der Waals surface area contributed by atoms with Gasteiger partial charge in [0.25, 0.3) is 0 Å². The molecule has 2 aromatic heterocycles. The summed E-state index contributed by atoms with van der Waals surface area (Å²) in [4.78, 5) is 15.8. The number of likely N-dealkylation sites (tertiary alicyclic amines) is 1. The van der Waals surface area contributed by atoms with E-state index in [-0.39, 0.29) is 24.0 Å². The van der Waals surface area contributed by atoms with Crippen LogP contribution in [0.5, 0.6) is 0 Å². The molecule has 0 radical (unpaired) electrons. The lowest BCUT2D eigenvalue weighted by Gasteiger charge is -2.26. The van der Waals surface area contributed by atoms with Gasteiger partial charge in [-0.1, -0.05) is 36.8 Å². The van der Waals surface area contributed by atoms with Crippen LogP contribution in [-0.4, -0.2) is 45.0 Å². The minimum absolute atomic E-state index is 0. The summed E-state index contributed by atoms with van der Waals surface area (Å²) in [6.45, 7) is 7.73. The Morgan fingerprint density at radius 2 is 1.73 bits per heavy atom. The lowest BCUT2D eigenvalue weighted by atomic mass is 10.1. The highest BCUT2D eigenvalue weighted by Gasteiger charge is 2.10. The van der Waals surface area contributed by atoms with Crippen molar-refractivity contribution >= 4 is 29.9 Å². The van der Waals surface area contributed by atoms with Gasteiger partial charge < -0.3 is 10.6 Å². The number of piperidine rings is 1. The van der Waals surface area contributed by atoms with Crippen molar-refractivity contribution in [1.82, 2.24) is 30.1 Å². The fraction of sp³-hybridized carbons (Fsp3) is 0.400. The molecule has 1 fully saturated rings. The number of hydrogen-bond donors (Lipinski definition) is 2. The molecule has 4 rings (SSSR count). The average Bonchev–Trinajstić information content (AvgIpc) is 3.38. The number of nitrogens with one attached hydrogen (secondary N) is 2. The SMILES string of the molecule is CCNC(=NCc1ccc(-n2ccnc2)nc1)NCc1ccc(CN2CCCCC2)cc1.I. The quantitative estimate of drug-likeness (QED) is 0.247. The van der Waals surface area contributed by atoms with Crippen LogP contribution in [-0.2, 0) is 19.6 Å². The molecule has 0 saturated carbocycles. The van der Waals surface area contributed by atoms with E-state index in [9.17, 15) is 0 Å². The van der Waals surface area contributed by atoms with Crippen molar-refractivity contribution in [1.29, 1.82) is 0 Å². The van der Waals surface area contributed by atoms with Crippen molar-refractivity contribution in [3.63, 3.8) is 0 Å². The van der Waals surface area contributed by atoms with Crippen LogP contribution >= 0.6 is 24.0 Å². The van der Waals surface area contributed by atoms with Crippen molar-refractivity contribution < 1.29 is 0 Å². The summed E-state index contributed by atoms with van der Waals surface area (Å²) in [5.41, 5.74) is 3.71. The van der Waals surface area contributed by atoms with E-state index < -0.39 is 0 Å². The van der Waals surface area contributed by atoms with E-state index in [0.29, 0.717) is 6.54 Å². The average molecular weight is 560 g/mol. The lowest BCUT2D eigenvalue weighted by Crippen LogP contribution is -2.36. The molecular weight excluding hydrogens is 525 g/mol. The van der Waals surface area contributed by atoms with Crippen LogP contribution in [0.4, 0.5) is 0 Å². The highest BCUT2D eigenvalue weighted by molar-refractivity contribution is 14.0. The number of pyridine rings is 1. The Hall–Kier alpha value is -2.46. The Labute approximate surface area is 213 Å². The number of halogens is 1. The lowest BCUT2D eigenvalue weighted by molar-refractivity contribution is 0.221. The second-order valence-corrected chi connectivity index (χ2v) is 8.20. The summed E-state index contributed by atoms with van der Waals surface area (Å²) < 4.78 is 1.89. The van der Waals surface area contributed by atoms with E-state index in [0.717, 1.165) is 37.0 Å². The van der Waals surface area contributed by atoms with Gasteiger partial charge in [0.15, 0.2) is 5.96 Å². The van der Waals surface area contributed by atoms with Gasteiger partial charge in [-0.15, -0.1) is 24.0 Å². The maximum Gasteiger partial charge on any atom is 0.191 e. The second-order valence-electron chi connectivity index (χ2n) is 8.20. The summed E-state index contributed by atoms with van der Waals surface area (Å²) in [5, 5.41) is 6.76. The van der Waals surface area contributed by atoms with E-state index in [2.05, 4.69) is 62.8 Å². The first-order chi connectivity index (χ1) is 15.8. The normalized spacial score (nSPS) is 14.5. The van der Waals surface area contributed by atoms with Crippen molar-refractivity contribution in [3.05, 3.63) is 78.0 Å². The number of guanidine groups is 1. The molecule has 0 spiro atoms. The van der Waals surface area contributed by atoms with Gasteiger partial charge in [-0.3, -0.25) is 9.47 Å². The summed E-state index contributed by atoms with van der Waals surface area (Å²) >= 11 is 0. The highest BCUT2D eigenvalue weighted by atomic mass is 127. The molecule has 1 aromatic carbocycles. The minimum atomic E-state index is 0.